The molecule has 0 saturated carbocycles. The van der Waals surface area contributed by atoms with Gasteiger partial charge in [0, 0.05) is 0 Å². The molecule has 0 heteroatoms. The third-order valence-corrected chi connectivity index (χ3v) is 4.92. The Bertz CT molecular complexity index is 848. The summed E-state index contributed by atoms with van der Waals surface area (Å²) in [7, 11) is 0. The first kappa shape index (κ1) is 12.0. The zero-order valence-electron chi connectivity index (χ0n) is 12.2. The van der Waals surface area contributed by atoms with E-state index in [1.807, 2.05) is 0 Å². The van der Waals surface area contributed by atoms with Gasteiger partial charge in [-0.15, -0.1) is 0 Å². The van der Waals surface area contributed by atoms with Crippen molar-refractivity contribution in [1.29, 1.82) is 0 Å². The molecule has 0 fully saturated rings. The predicted molar refractivity (Wildman–Crippen MR) is 88.0 cm³/mol. The summed E-state index contributed by atoms with van der Waals surface area (Å²) in [5, 5.41) is 5.74. The Balaban J connectivity index is 2.16. The van der Waals surface area contributed by atoms with Crippen molar-refractivity contribution in [3.8, 4) is 0 Å². The van der Waals surface area contributed by atoms with Crippen molar-refractivity contribution in [1.82, 2.24) is 0 Å². The van der Waals surface area contributed by atoms with E-state index in [0.29, 0.717) is 5.41 Å². The molecule has 0 heterocycles. The number of allylic oxidation sites excluding steroid dienone is 1. The van der Waals surface area contributed by atoms with E-state index in [-0.39, 0.29) is 0 Å². The average Bonchev–Trinajstić information content (AvgIpc) is 2.46. The van der Waals surface area contributed by atoms with E-state index in [4.69, 9.17) is 0 Å². The first-order chi connectivity index (χ1) is 9.67. The fourth-order valence-electron chi connectivity index (χ4n) is 3.75. The molecular weight excluding hydrogens is 240 g/mol. The fraction of sp³-hybridized carbons (Fsp3) is 0.300. The van der Waals surface area contributed by atoms with Crippen molar-refractivity contribution in [2.75, 3.05) is 0 Å². The van der Waals surface area contributed by atoms with Gasteiger partial charge in [0.15, 0.2) is 0 Å². The second-order valence-electron chi connectivity index (χ2n) is 6.66. The second kappa shape index (κ2) is 4.09. The van der Waals surface area contributed by atoms with Crippen LogP contribution in [-0.4, -0.2) is 0 Å². The molecule has 20 heavy (non-hydrogen) atoms. The highest BCUT2D eigenvalue weighted by Crippen LogP contribution is 2.30. The number of hydrogen-bond acceptors (Lipinski definition) is 0. The summed E-state index contributed by atoms with van der Waals surface area (Å²) in [5.41, 5.74) is 3.18. The van der Waals surface area contributed by atoms with Crippen LogP contribution in [0.1, 0.15) is 44.2 Å². The third-order valence-electron chi connectivity index (χ3n) is 4.92. The Morgan fingerprint density at radius 3 is 2.60 bits per heavy atom. The Morgan fingerprint density at radius 2 is 1.70 bits per heavy atom. The summed E-state index contributed by atoms with van der Waals surface area (Å²) in [6.45, 7) is 4.75. The van der Waals surface area contributed by atoms with Crippen LogP contribution in [0.4, 0.5) is 0 Å². The van der Waals surface area contributed by atoms with Gasteiger partial charge in [-0.3, -0.25) is 0 Å². The standard InChI is InChI=1S/C20H20/c1-20(2)13-5-8-18-17-10-9-14-6-3-4-7-15(14)16(17)11-12-19(18)20/h3,6-12H,4-5,13H2,1-2H3. The molecule has 0 radical (unpaired) electrons. The quantitative estimate of drug-likeness (QED) is 0.674. The van der Waals surface area contributed by atoms with Crippen molar-refractivity contribution in [3.05, 3.63) is 51.9 Å². The van der Waals surface area contributed by atoms with Crippen LogP contribution in [0.3, 0.4) is 0 Å². The minimum absolute atomic E-state index is 0.303. The van der Waals surface area contributed by atoms with Crippen LogP contribution in [0.5, 0.6) is 0 Å². The molecule has 2 aromatic rings. The lowest BCUT2D eigenvalue weighted by molar-refractivity contribution is 0.479. The molecule has 0 atom stereocenters. The van der Waals surface area contributed by atoms with Crippen molar-refractivity contribution in [2.45, 2.75) is 38.5 Å². The van der Waals surface area contributed by atoms with E-state index in [9.17, 15) is 0 Å². The van der Waals surface area contributed by atoms with Gasteiger partial charge in [0.2, 0.25) is 0 Å². The molecule has 2 aliphatic rings. The smallest absolute Gasteiger partial charge is 0.00946 e. The van der Waals surface area contributed by atoms with Crippen LogP contribution in [0.15, 0.2) is 30.3 Å². The van der Waals surface area contributed by atoms with Gasteiger partial charge in [0.25, 0.3) is 0 Å². The highest BCUT2D eigenvalue weighted by Gasteiger charge is 2.24. The molecule has 0 amide bonds. The summed E-state index contributed by atoms with van der Waals surface area (Å²) >= 11 is 0. The van der Waals surface area contributed by atoms with Crippen LogP contribution in [0.2, 0.25) is 0 Å². The fourth-order valence-corrected chi connectivity index (χ4v) is 3.75. The first-order valence-electron chi connectivity index (χ1n) is 7.60. The summed E-state index contributed by atoms with van der Waals surface area (Å²) < 4.78 is 0. The van der Waals surface area contributed by atoms with E-state index in [2.05, 4.69) is 62.4 Å². The molecule has 0 spiro atoms. The Morgan fingerprint density at radius 1 is 0.900 bits per heavy atom. The summed E-state index contributed by atoms with van der Waals surface area (Å²) in [6, 6.07) is 9.29. The summed E-state index contributed by atoms with van der Waals surface area (Å²) in [4.78, 5) is 0. The Kier molecular flexibility index (Phi) is 2.44. The van der Waals surface area contributed by atoms with Gasteiger partial charge < -0.3 is 0 Å². The van der Waals surface area contributed by atoms with E-state index >= 15 is 0 Å². The highest BCUT2D eigenvalue weighted by molar-refractivity contribution is 5.89. The molecular formula is C20H20. The van der Waals surface area contributed by atoms with Crippen LogP contribution >= 0.6 is 0 Å². The van der Waals surface area contributed by atoms with Crippen molar-refractivity contribution in [3.63, 3.8) is 0 Å². The van der Waals surface area contributed by atoms with E-state index < -0.39 is 0 Å². The monoisotopic (exact) mass is 260 g/mol. The average molecular weight is 260 g/mol. The van der Waals surface area contributed by atoms with Crippen LogP contribution in [-0.2, 0) is 5.41 Å². The molecule has 4 rings (SSSR count). The van der Waals surface area contributed by atoms with Crippen LogP contribution < -0.4 is 10.4 Å². The van der Waals surface area contributed by atoms with Crippen molar-refractivity contribution in [2.24, 2.45) is 0 Å². The van der Waals surface area contributed by atoms with Gasteiger partial charge in [-0.05, 0) is 57.0 Å². The molecule has 100 valence electrons. The van der Waals surface area contributed by atoms with Crippen molar-refractivity contribution >= 4 is 29.0 Å². The molecule has 0 aromatic heterocycles. The van der Waals surface area contributed by atoms with E-state index in [1.165, 1.54) is 45.2 Å². The third kappa shape index (κ3) is 1.61. The normalized spacial score (nSPS) is 18.9. The maximum atomic E-state index is 2.44. The van der Waals surface area contributed by atoms with Gasteiger partial charge in [0.1, 0.15) is 0 Å². The second-order valence-corrected chi connectivity index (χ2v) is 6.66. The maximum absolute atomic E-state index is 2.44. The first-order valence-corrected chi connectivity index (χ1v) is 7.60. The SMILES string of the molecule is CC1(C)CCC=c2c1ccc1c3c(ccc21)C=CCC=3. The zero-order chi connectivity index (χ0) is 13.7. The molecule has 0 bridgehead atoms. The lowest BCUT2D eigenvalue weighted by atomic mass is 9.75. The topological polar surface area (TPSA) is 0 Å². The molecule has 0 saturated heterocycles. The van der Waals surface area contributed by atoms with Gasteiger partial charge >= 0.3 is 0 Å². The largest absolute Gasteiger partial charge is 0.0801 e. The van der Waals surface area contributed by atoms with Gasteiger partial charge in [-0.2, -0.15) is 0 Å². The highest BCUT2D eigenvalue weighted by atomic mass is 14.3. The molecule has 2 aromatic carbocycles. The van der Waals surface area contributed by atoms with Crippen LogP contribution in [0.25, 0.3) is 29.0 Å². The molecule has 0 aliphatic heterocycles. The van der Waals surface area contributed by atoms with E-state index in [1.54, 1.807) is 0 Å². The number of benzene rings is 2. The number of fused-ring (bicyclic) bond motifs is 5. The Labute approximate surface area is 120 Å². The number of rotatable bonds is 0. The summed E-state index contributed by atoms with van der Waals surface area (Å²) in [5.74, 6) is 0. The minimum atomic E-state index is 0.303. The molecule has 0 N–H and O–H groups in total. The number of hydrogen-bond donors (Lipinski definition) is 0. The van der Waals surface area contributed by atoms with Crippen molar-refractivity contribution < 1.29 is 0 Å². The molecule has 2 aliphatic carbocycles. The minimum Gasteiger partial charge on any atom is -0.0801 e. The molecule has 0 unspecified atom stereocenters. The lowest BCUT2D eigenvalue weighted by Gasteiger charge is -2.29. The summed E-state index contributed by atoms with van der Waals surface area (Å²) in [6.07, 6.45) is 12.8. The lowest BCUT2D eigenvalue weighted by Crippen LogP contribution is -2.30. The van der Waals surface area contributed by atoms with Crippen LogP contribution in [0, 0.1) is 0 Å². The zero-order valence-corrected chi connectivity index (χ0v) is 12.2. The molecule has 0 nitrogen and oxygen atoms in total. The Hall–Kier alpha value is -1.82. The maximum Gasteiger partial charge on any atom is -0.00946 e. The van der Waals surface area contributed by atoms with Gasteiger partial charge in [0.05, 0.1) is 0 Å². The van der Waals surface area contributed by atoms with Gasteiger partial charge in [-0.1, -0.05) is 62.4 Å². The predicted octanol–water partition coefficient (Wildman–Crippen LogP) is 3.89. The van der Waals surface area contributed by atoms with E-state index in [0.717, 1.165) is 6.42 Å². The van der Waals surface area contributed by atoms with Gasteiger partial charge in [-0.25, -0.2) is 0 Å².